The molecule has 0 radical (unpaired) electrons. The lowest BCUT2D eigenvalue weighted by molar-refractivity contribution is 0.0707. The van der Waals surface area contributed by atoms with Gasteiger partial charge in [0.15, 0.2) is 5.13 Å². The molecule has 1 aromatic rings. The first-order valence-electron chi connectivity index (χ1n) is 7.24. The predicted molar refractivity (Wildman–Crippen MR) is 84.2 cm³/mol. The fourth-order valence-corrected chi connectivity index (χ4v) is 3.65. The zero-order valence-corrected chi connectivity index (χ0v) is 13.5. The van der Waals surface area contributed by atoms with E-state index in [0.717, 1.165) is 24.5 Å². The summed E-state index contributed by atoms with van der Waals surface area (Å²) in [6.45, 7) is 9.23. The van der Waals surface area contributed by atoms with E-state index < -0.39 is 0 Å². The summed E-state index contributed by atoms with van der Waals surface area (Å²) >= 11 is 1.36. The van der Waals surface area contributed by atoms with Crippen LogP contribution in [0.2, 0.25) is 0 Å². The highest BCUT2D eigenvalue weighted by atomic mass is 32.1. The van der Waals surface area contributed by atoms with E-state index in [0.29, 0.717) is 22.7 Å². The molecule has 1 unspecified atom stereocenters. The molecule has 1 saturated heterocycles. The van der Waals surface area contributed by atoms with Gasteiger partial charge in [-0.05, 0) is 32.6 Å². The van der Waals surface area contributed by atoms with Gasteiger partial charge in [0.25, 0.3) is 5.91 Å². The summed E-state index contributed by atoms with van der Waals surface area (Å²) in [7, 11) is 0. The van der Waals surface area contributed by atoms with Crippen LogP contribution in [0.15, 0.2) is 0 Å². The third-order valence-electron chi connectivity index (χ3n) is 3.59. The molecule has 2 heterocycles. The van der Waals surface area contributed by atoms with Crippen LogP contribution in [-0.4, -0.2) is 34.4 Å². The Balaban J connectivity index is 2.18. The Labute approximate surface area is 124 Å². The minimum absolute atomic E-state index is 0.0352. The molecule has 0 bridgehead atoms. The Morgan fingerprint density at radius 1 is 1.45 bits per heavy atom. The number of aromatic nitrogens is 1. The minimum Gasteiger partial charge on any atom is -0.382 e. The summed E-state index contributed by atoms with van der Waals surface area (Å²) in [4.78, 5) is 19.5. The lowest BCUT2D eigenvalue weighted by Crippen LogP contribution is -2.38. The molecule has 1 amide bonds. The Kier molecular flexibility index (Phi) is 4.52. The number of carbonyl (C=O) groups excluding carboxylic acids is 1. The first-order chi connectivity index (χ1) is 9.40. The number of rotatable bonds is 4. The molecule has 1 aliphatic heterocycles. The molecule has 1 fully saturated rings. The molecule has 0 aromatic carbocycles. The van der Waals surface area contributed by atoms with Crippen LogP contribution in [0.5, 0.6) is 0 Å². The van der Waals surface area contributed by atoms with Crippen molar-refractivity contribution in [1.29, 1.82) is 0 Å². The summed E-state index contributed by atoms with van der Waals surface area (Å²) in [5.41, 5.74) is 5.92. The summed E-state index contributed by atoms with van der Waals surface area (Å²) in [5, 5.41) is 3.93. The number of hydrogen-bond donors (Lipinski definition) is 2. The van der Waals surface area contributed by atoms with Crippen LogP contribution in [0.25, 0.3) is 0 Å². The van der Waals surface area contributed by atoms with Gasteiger partial charge in [0, 0.05) is 18.6 Å². The van der Waals surface area contributed by atoms with Crippen molar-refractivity contribution < 1.29 is 4.79 Å². The first-order valence-corrected chi connectivity index (χ1v) is 8.05. The van der Waals surface area contributed by atoms with Crippen LogP contribution in [-0.2, 0) is 0 Å². The van der Waals surface area contributed by atoms with E-state index in [2.05, 4.69) is 24.1 Å². The van der Waals surface area contributed by atoms with Gasteiger partial charge in [0.1, 0.15) is 10.7 Å². The van der Waals surface area contributed by atoms with Gasteiger partial charge in [-0.1, -0.05) is 25.2 Å². The Bertz CT molecular complexity index is 484. The second kappa shape index (κ2) is 5.99. The highest BCUT2D eigenvalue weighted by Gasteiger charge is 2.33. The number of nitrogens with two attached hydrogens (primary N) is 1. The van der Waals surface area contributed by atoms with Gasteiger partial charge in [-0.3, -0.25) is 4.79 Å². The number of amides is 1. The molecule has 3 N–H and O–H groups in total. The van der Waals surface area contributed by atoms with Gasteiger partial charge in [-0.2, -0.15) is 0 Å². The Morgan fingerprint density at radius 2 is 2.15 bits per heavy atom. The molecule has 112 valence electrons. The van der Waals surface area contributed by atoms with Crippen LogP contribution in [0, 0.1) is 5.92 Å². The van der Waals surface area contributed by atoms with Gasteiger partial charge in [-0.15, -0.1) is 0 Å². The molecule has 2 rings (SSSR count). The fourth-order valence-electron chi connectivity index (χ4n) is 2.66. The molecule has 0 aliphatic carbocycles. The van der Waals surface area contributed by atoms with Crippen LogP contribution < -0.4 is 11.1 Å². The number of hydrogen-bond acceptors (Lipinski definition) is 5. The number of anilines is 2. The summed E-state index contributed by atoms with van der Waals surface area (Å²) in [6.07, 6.45) is 2.16. The number of nitrogen functional groups attached to an aromatic ring is 1. The topological polar surface area (TPSA) is 71.2 Å². The summed E-state index contributed by atoms with van der Waals surface area (Å²) < 4.78 is 0. The number of nitrogens with one attached hydrogen (secondary N) is 1. The summed E-state index contributed by atoms with van der Waals surface area (Å²) in [6, 6.07) is 0.601. The molecule has 1 aromatic heterocycles. The predicted octanol–water partition coefficient (Wildman–Crippen LogP) is 2.81. The molecule has 1 aliphatic rings. The van der Waals surface area contributed by atoms with Crippen molar-refractivity contribution in [1.82, 2.24) is 9.88 Å². The SMILES string of the molecule is CC(C)Nc1nc(N)c(C(=O)N2CCCC2C(C)C)s1. The van der Waals surface area contributed by atoms with Gasteiger partial charge < -0.3 is 16.0 Å². The minimum atomic E-state index is 0.0352. The van der Waals surface area contributed by atoms with Gasteiger partial charge in [0.05, 0.1) is 0 Å². The van der Waals surface area contributed by atoms with E-state index in [1.165, 1.54) is 11.3 Å². The molecule has 20 heavy (non-hydrogen) atoms. The van der Waals surface area contributed by atoms with Gasteiger partial charge in [-0.25, -0.2) is 4.98 Å². The maximum absolute atomic E-state index is 12.7. The quantitative estimate of drug-likeness (QED) is 0.896. The van der Waals surface area contributed by atoms with E-state index in [4.69, 9.17) is 5.73 Å². The van der Waals surface area contributed by atoms with E-state index in [1.54, 1.807) is 0 Å². The fraction of sp³-hybridized carbons (Fsp3) is 0.714. The van der Waals surface area contributed by atoms with Crippen molar-refractivity contribution >= 4 is 28.2 Å². The number of likely N-dealkylation sites (tertiary alicyclic amines) is 1. The maximum Gasteiger partial charge on any atom is 0.268 e. The molecule has 0 saturated carbocycles. The molecule has 5 nitrogen and oxygen atoms in total. The van der Waals surface area contributed by atoms with Crippen molar-refractivity contribution in [3.8, 4) is 0 Å². The number of nitrogens with zero attached hydrogens (tertiary/aromatic N) is 2. The number of carbonyl (C=O) groups is 1. The van der Waals surface area contributed by atoms with Crippen molar-refractivity contribution in [2.75, 3.05) is 17.6 Å². The monoisotopic (exact) mass is 296 g/mol. The third kappa shape index (κ3) is 3.06. The maximum atomic E-state index is 12.7. The second-order valence-corrected chi connectivity index (χ2v) is 6.98. The average molecular weight is 296 g/mol. The van der Waals surface area contributed by atoms with E-state index in [1.807, 2.05) is 18.7 Å². The Hall–Kier alpha value is -1.30. The molecular formula is C14H24N4OS. The number of thiazole rings is 1. The van der Waals surface area contributed by atoms with Crippen molar-refractivity contribution in [3.63, 3.8) is 0 Å². The molecular weight excluding hydrogens is 272 g/mol. The standard InChI is InChI=1S/C14H24N4OS/c1-8(2)10-6-5-7-18(10)13(19)11-12(15)17-14(20-11)16-9(3)4/h8-10H,5-7,15H2,1-4H3,(H,16,17). The van der Waals surface area contributed by atoms with Gasteiger partial charge in [0.2, 0.25) is 0 Å². The highest BCUT2D eigenvalue weighted by Crippen LogP contribution is 2.31. The van der Waals surface area contributed by atoms with Crippen LogP contribution in [0.1, 0.15) is 50.2 Å². The summed E-state index contributed by atoms with van der Waals surface area (Å²) in [5.74, 6) is 0.856. The van der Waals surface area contributed by atoms with Gasteiger partial charge >= 0.3 is 0 Å². The zero-order chi connectivity index (χ0) is 14.9. The molecule has 1 atom stereocenters. The van der Waals surface area contributed by atoms with Crippen LogP contribution in [0.3, 0.4) is 0 Å². The average Bonchev–Trinajstić information content (AvgIpc) is 2.94. The normalized spacial score (nSPS) is 19.1. The van der Waals surface area contributed by atoms with Crippen molar-refractivity contribution in [2.45, 2.75) is 52.6 Å². The second-order valence-electron chi connectivity index (χ2n) is 5.98. The lowest BCUT2D eigenvalue weighted by Gasteiger charge is -2.27. The van der Waals surface area contributed by atoms with Crippen LogP contribution in [0.4, 0.5) is 10.9 Å². The first kappa shape index (κ1) is 15.1. The van der Waals surface area contributed by atoms with Crippen molar-refractivity contribution in [3.05, 3.63) is 4.88 Å². The van der Waals surface area contributed by atoms with E-state index in [9.17, 15) is 4.79 Å². The lowest BCUT2D eigenvalue weighted by atomic mass is 10.0. The smallest absolute Gasteiger partial charge is 0.268 e. The molecule has 0 spiro atoms. The molecule has 6 heteroatoms. The van der Waals surface area contributed by atoms with Crippen LogP contribution >= 0.6 is 11.3 Å². The van der Waals surface area contributed by atoms with E-state index >= 15 is 0 Å². The highest BCUT2D eigenvalue weighted by molar-refractivity contribution is 7.18. The van der Waals surface area contributed by atoms with Crippen molar-refractivity contribution in [2.24, 2.45) is 5.92 Å². The van der Waals surface area contributed by atoms with E-state index in [-0.39, 0.29) is 11.9 Å². The zero-order valence-electron chi connectivity index (χ0n) is 12.6. The third-order valence-corrected chi connectivity index (χ3v) is 4.58. The Morgan fingerprint density at radius 3 is 2.75 bits per heavy atom. The largest absolute Gasteiger partial charge is 0.382 e.